The quantitative estimate of drug-likeness (QED) is 0.523. The SMILES string of the molecule is Cc1cc(C(C)(CC(C)O)C(=O)C(C)(CC(C)O)c2ccc(O)c(C)c2)ccc1O. The zero-order valence-corrected chi connectivity index (χ0v) is 18.7. The summed E-state index contributed by atoms with van der Waals surface area (Å²) >= 11 is 0. The number of hydrogen-bond donors (Lipinski definition) is 4. The minimum atomic E-state index is -1.05. The molecule has 0 bridgehead atoms. The number of Topliss-reactive ketones (excluding diaryl/α,β-unsaturated/α-hetero) is 1. The molecule has 0 aliphatic rings. The number of aliphatic hydroxyl groups excluding tert-OH is 2. The van der Waals surface area contributed by atoms with E-state index in [2.05, 4.69) is 0 Å². The minimum Gasteiger partial charge on any atom is -0.508 e. The molecule has 0 fully saturated rings. The number of aryl methyl sites for hydroxylation is 2. The van der Waals surface area contributed by atoms with Crippen LogP contribution in [-0.2, 0) is 15.6 Å². The lowest BCUT2D eigenvalue weighted by atomic mass is 9.61. The van der Waals surface area contributed by atoms with E-state index in [0.29, 0.717) is 22.3 Å². The standard InChI is InChI=1S/C25H34O5/c1-15-11-19(7-9-21(15)28)24(5,13-17(3)26)23(30)25(6,14-18(4)27)20-8-10-22(29)16(2)12-20/h7-12,17-18,26-29H,13-14H2,1-6H3. The van der Waals surface area contributed by atoms with Gasteiger partial charge in [-0.15, -0.1) is 0 Å². The third-order valence-corrected chi connectivity index (χ3v) is 6.08. The molecule has 0 saturated carbocycles. The van der Waals surface area contributed by atoms with Crippen LogP contribution < -0.4 is 0 Å². The molecule has 164 valence electrons. The summed E-state index contributed by atoms with van der Waals surface area (Å²) in [5, 5.41) is 40.4. The zero-order chi connectivity index (χ0) is 22.9. The van der Waals surface area contributed by atoms with E-state index in [1.165, 1.54) is 0 Å². The minimum absolute atomic E-state index is 0.132. The van der Waals surface area contributed by atoms with Gasteiger partial charge in [0.05, 0.1) is 23.0 Å². The molecule has 2 aromatic rings. The number of hydrogen-bond acceptors (Lipinski definition) is 5. The molecule has 0 amide bonds. The van der Waals surface area contributed by atoms with Gasteiger partial charge in [0, 0.05) is 0 Å². The van der Waals surface area contributed by atoms with Crippen LogP contribution in [0.15, 0.2) is 36.4 Å². The van der Waals surface area contributed by atoms with Crippen molar-refractivity contribution in [2.24, 2.45) is 0 Å². The Morgan fingerprint density at radius 1 is 0.800 bits per heavy atom. The van der Waals surface area contributed by atoms with Crippen molar-refractivity contribution in [3.05, 3.63) is 58.7 Å². The van der Waals surface area contributed by atoms with Crippen molar-refractivity contribution in [2.45, 2.75) is 77.4 Å². The maximum atomic E-state index is 14.2. The number of aliphatic hydroxyl groups is 2. The monoisotopic (exact) mass is 414 g/mol. The highest BCUT2D eigenvalue weighted by molar-refractivity contribution is 5.98. The molecule has 0 radical (unpaired) electrons. The zero-order valence-electron chi connectivity index (χ0n) is 18.7. The third-order valence-electron chi connectivity index (χ3n) is 6.08. The highest BCUT2D eigenvalue weighted by atomic mass is 16.3. The third kappa shape index (κ3) is 4.68. The molecule has 0 heterocycles. The lowest BCUT2D eigenvalue weighted by Gasteiger charge is -2.40. The molecule has 2 aromatic carbocycles. The first kappa shape index (κ1) is 23.9. The summed E-state index contributed by atoms with van der Waals surface area (Å²) < 4.78 is 0. The van der Waals surface area contributed by atoms with Gasteiger partial charge in [-0.2, -0.15) is 0 Å². The van der Waals surface area contributed by atoms with E-state index in [4.69, 9.17) is 0 Å². The predicted molar refractivity (Wildman–Crippen MR) is 118 cm³/mol. The molecule has 0 aliphatic heterocycles. The maximum Gasteiger partial charge on any atom is 0.153 e. The van der Waals surface area contributed by atoms with Gasteiger partial charge in [-0.05, 0) is 88.8 Å². The fourth-order valence-electron chi connectivity index (χ4n) is 4.47. The molecular formula is C25H34O5. The van der Waals surface area contributed by atoms with Crippen molar-refractivity contribution in [2.75, 3.05) is 0 Å². The van der Waals surface area contributed by atoms with Gasteiger partial charge in [0.2, 0.25) is 0 Å². The van der Waals surface area contributed by atoms with Gasteiger partial charge in [-0.3, -0.25) is 4.79 Å². The van der Waals surface area contributed by atoms with Gasteiger partial charge >= 0.3 is 0 Å². The number of ketones is 1. The van der Waals surface area contributed by atoms with Crippen LogP contribution in [-0.4, -0.2) is 38.4 Å². The number of carbonyl (C=O) groups excluding carboxylic acids is 1. The van der Waals surface area contributed by atoms with Crippen molar-refractivity contribution in [3.8, 4) is 11.5 Å². The van der Waals surface area contributed by atoms with E-state index in [0.717, 1.165) is 0 Å². The Morgan fingerprint density at radius 3 is 1.40 bits per heavy atom. The average Bonchev–Trinajstić information content (AvgIpc) is 2.64. The second-order valence-electron chi connectivity index (χ2n) is 9.10. The second-order valence-corrected chi connectivity index (χ2v) is 9.10. The fourth-order valence-corrected chi connectivity index (χ4v) is 4.47. The van der Waals surface area contributed by atoms with Crippen LogP contribution in [0.1, 0.15) is 62.8 Å². The molecule has 2 rings (SSSR count). The van der Waals surface area contributed by atoms with Crippen LogP contribution in [0.5, 0.6) is 11.5 Å². The van der Waals surface area contributed by atoms with Crippen molar-refractivity contribution in [3.63, 3.8) is 0 Å². The van der Waals surface area contributed by atoms with Crippen molar-refractivity contribution >= 4 is 5.78 Å². The number of phenols is 2. The van der Waals surface area contributed by atoms with E-state index in [1.807, 2.05) is 0 Å². The summed E-state index contributed by atoms with van der Waals surface area (Å²) in [7, 11) is 0. The first-order chi connectivity index (χ1) is 13.8. The van der Waals surface area contributed by atoms with Gasteiger partial charge in [0.25, 0.3) is 0 Å². The number of aromatic hydroxyl groups is 2. The van der Waals surface area contributed by atoms with Crippen molar-refractivity contribution in [1.82, 2.24) is 0 Å². The van der Waals surface area contributed by atoms with Gasteiger partial charge in [-0.1, -0.05) is 24.3 Å². The Labute approximate surface area is 179 Å². The lowest BCUT2D eigenvalue weighted by Crippen LogP contribution is -2.48. The molecule has 0 aromatic heterocycles. The Morgan fingerprint density at radius 2 is 1.13 bits per heavy atom. The molecule has 5 heteroatoms. The summed E-state index contributed by atoms with van der Waals surface area (Å²) in [6.07, 6.45) is -1.07. The fraction of sp³-hybridized carbons (Fsp3) is 0.480. The van der Waals surface area contributed by atoms with Crippen molar-refractivity contribution < 1.29 is 25.2 Å². The van der Waals surface area contributed by atoms with Crippen LogP contribution in [0.3, 0.4) is 0 Å². The van der Waals surface area contributed by atoms with Crippen LogP contribution in [0.4, 0.5) is 0 Å². The van der Waals surface area contributed by atoms with Gasteiger partial charge in [0.15, 0.2) is 5.78 Å². The molecule has 0 spiro atoms. The first-order valence-electron chi connectivity index (χ1n) is 10.3. The Kier molecular flexibility index (Phi) is 7.00. The normalized spacial score (nSPS) is 17.6. The average molecular weight is 415 g/mol. The topological polar surface area (TPSA) is 98.0 Å². The number of benzene rings is 2. The van der Waals surface area contributed by atoms with E-state index in [9.17, 15) is 25.2 Å². The highest BCUT2D eigenvalue weighted by Crippen LogP contribution is 2.43. The van der Waals surface area contributed by atoms with Gasteiger partial charge in [0.1, 0.15) is 11.5 Å². The van der Waals surface area contributed by atoms with Crippen LogP contribution in [0, 0.1) is 13.8 Å². The van der Waals surface area contributed by atoms with E-state index in [-0.39, 0.29) is 30.1 Å². The molecule has 4 atom stereocenters. The lowest BCUT2D eigenvalue weighted by molar-refractivity contribution is -0.131. The summed E-state index contributed by atoms with van der Waals surface area (Å²) in [5.74, 6) is 0.157. The van der Waals surface area contributed by atoms with Crippen LogP contribution in [0.25, 0.3) is 0 Å². The molecular weight excluding hydrogens is 380 g/mol. The summed E-state index contributed by atoms with van der Waals surface area (Å²) in [6, 6.07) is 10.1. The van der Waals surface area contributed by atoms with Gasteiger partial charge in [-0.25, -0.2) is 0 Å². The molecule has 0 saturated heterocycles. The maximum absolute atomic E-state index is 14.2. The number of phenolic OH excluding ortho intramolecular Hbond substituents is 2. The van der Waals surface area contributed by atoms with E-state index >= 15 is 0 Å². The molecule has 5 nitrogen and oxygen atoms in total. The second kappa shape index (κ2) is 8.78. The molecule has 30 heavy (non-hydrogen) atoms. The number of rotatable bonds is 8. The summed E-state index contributed by atoms with van der Waals surface area (Å²) in [4.78, 5) is 14.2. The van der Waals surface area contributed by atoms with Gasteiger partial charge < -0.3 is 20.4 Å². The summed E-state index contributed by atoms with van der Waals surface area (Å²) in [6.45, 7) is 10.4. The van der Waals surface area contributed by atoms with E-state index < -0.39 is 23.0 Å². The Bertz CT molecular complexity index is 844. The molecule has 0 aliphatic carbocycles. The first-order valence-corrected chi connectivity index (χ1v) is 10.3. The van der Waals surface area contributed by atoms with E-state index in [1.54, 1.807) is 77.9 Å². The predicted octanol–water partition coefficient (Wildman–Crippen LogP) is 4.04. The van der Waals surface area contributed by atoms with Crippen LogP contribution >= 0.6 is 0 Å². The molecule has 4 unspecified atom stereocenters. The molecule has 4 N–H and O–H groups in total. The number of carbonyl (C=O) groups is 1. The van der Waals surface area contributed by atoms with Crippen LogP contribution in [0.2, 0.25) is 0 Å². The Hall–Kier alpha value is -2.37. The largest absolute Gasteiger partial charge is 0.508 e. The van der Waals surface area contributed by atoms with Crippen molar-refractivity contribution in [1.29, 1.82) is 0 Å². The highest BCUT2D eigenvalue weighted by Gasteiger charge is 2.48. The summed E-state index contributed by atoms with van der Waals surface area (Å²) in [5.41, 5.74) is 0.598. The smallest absolute Gasteiger partial charge is 0.153 e. The Balaban J connectivity index is 2.70.